The molecule has 1 aliphatic rings. The number of aryl methyl sites for hydroxylation is 1. The molecule has 0 bridgehead atoms. The van der Waals surface area contributed by atoms with Crippen LogP contribution in [0.4, 0.5) is 14.5 Å². The molecule has 0 unspecified atom stereocenters. The first-order valence-electron chi connectivity index (χ1n) is 10.1. The Labute approximate surface area is 166 Å². The van der Waals surface area contributed by atoms with Gasteiger partial charge in [0.1, 0.15) is 5.82 Å². The van der Waals surface area contributed by atoms with E-state index in [1.807, 2.05) is 12.1 Å². The van der Waals surface area contributed by atoms with Gasteiger partial charge in [0.25, 0.3) is 0 Å². The highest BCUT2D eigenvalue weighted by molar-refractivity contribution is 5.93. The van der Waals surface area contributed by atoms with E-state index in [9.17, 15) is 13.6 Å². The Hall–Kier alpha value is -1.98. The number of imidazole rings is 1. The van der Waals surface area contributed by atoms with Crippen LogP contribution in [-0.4, -0.2) is 28.4 Å². The first kappa shape index (κ1) is 22.3. The SMILES string of the molecule is CCn1c(C(C)(C)C)nc2cc(N(C)C(C)=O)ccc21.FC1(F)CCCCC1. The maximum absolute atomic E-state index is 12.2. The molecule has 0 N–H and O–H groups in total. The third-order valence-electron chi connectivity index (χ3n) is 5.16. The Morgan fingerprint density at radius 2 is 1.82 bits per heavy atom. The number of amides is 1. The smallest absolute Gasteiger partial charge is 0.248 e. The van der Waals surface area contributed by atoms with Gasteiger partial charge in [0.05, 0.1) is 11.0 Å². The van der Waals surface area contributed by atoms with Crippen molar-refractivity contribution in [3.8, 4) is 0 Å². The number of fused-ring (bicyclic) bond motifs is 1. The number of halogens is 2. The number of rotatable bonds is 2. The molecule has 1 aromatic carbocycles. The fraction of sp³-hybridized carbons (Fsp3) is 0.636. The number of hydrogen-bond acceptors (Lipinski definition) is 2. The van der Waals surface area contributed by atoms with Gasteiger partial charge < -0.3 is 9.47 Å². The summed E-state index contributed by atoms with van der Waals surface area (Å²) in [5.74, 6) is -1.22. The molecular formula is C22H33F2N3O. The van der Waals surface area contributed by atoms with Gasteiger partial charge in [-0.25, -0.2) is 13.8 Å². The number of aromatic nitrogens is 2. The second-order valence-corrected chi connectivity index (χ2v) is 8.60. The quantitative estimate of drug-likeness (QED) is 0.635. The summed E-state index contributed by atoms with van der Waals surface area (Å²) in [7, 11) is 1.78. The van der Waals surface area contributed by atoms with Gasteiger partial charge in [0, 0.05) is 44.5 Å². The van der Waals surface area contributed by atoms with Gasteiger partial charge in [0.15, 0.2) is 0 Å². The van der Waals surface area contributed by atoms with Crippen LogP contribution >= 0.6 is 0 Å². The minimum Gasteiger partial charge on any atom is -0.328 e. The number of anilines is 1. The van der Waals surface area contributed by atoms with Gasteiger partial charge in [0.2, 0.25) is 11.8 Å². The van der Waals surface area contributed by atoms with Crippen molar-refractivity contribution in [2.24, 2.45) is 0 Å². The summed E-state index contributed by atoms with van der Waals surface area (Å²) in [6.07, 6.45) is 2.66. The van der Waals surface area contributed by atoms with E-state index in [0.717, 1.165) is 35.5 Å². The average molecular weight is 394 g/mol. The van der Waals surface area contributed by atoms with Crippen molar-refractivity contribution in [1.29, 1.82) is 0 Å². The lowest BCUT2D eigenvalue weighted by Gasteiger charge is -2.20. The number of alkyl halides is 2. The summed E-state index contributed by atoms with van der Waals surface area (Å²) in [5, 5.41) is 0. The molecule has 1 aromatic heterocycles. The van der Waals surface area contributed by atoms with Crippen molar-refractivity contribution in [3.63, 3.8) is 0 Å². The zero-order chi connectivity index (χ0) is 21.1. The molecule has 1 heterocycles. The number of carbonyl (C=O) groups is 1. The van der Waals surface area contributed by atoms with Gasteiger partial charge in [-0.05, 0) is 38.0 Å². The molecule has 1 saturated carbocycles. The Morgan fingerprint density at radius 1 is 1.21 bits per heavy atom. The second-order valence-electron chi connectivity index (χ2n) is 8.60. The minimum absolute atomic E-state index is 0.00166. The van der Waals surface area contributed by atoms with Crippen LogP contribution in [0.2, 0.25) is 0 Å². The van der Waals surface area contributed by atoms with Crippen molar-refractivity contribution in [2.45, 2.75) is 84.6 Å². The lowest BCUT2D eigenvalue weighted by atomic mass is 9.96. The predicted molar refractivity (Wildman–Crippen MR) is 111 cm³/mol. The normalized spacial score (nSPS) is 16.4. The third kappa shape index (κ3) is 5.30. The number of benzene rings is 1. The second kappa shape index (κ2) is 8.58. The zero-order valence-corrected chi connectivity index (χ0v) is 18.0. The van der Waals surface area contributed by atoms with Crippen molar-refractivity contribution >= 4 is 22.6 Å². The summed E-state index contributed by atoms with van der Waals surface area (Å²) in [5.41, 5.74) is 2.95. The molecule has 4 nitrogen and oxygen atoms in total. The first-order valence-corrected chi connectivity index (χ1v) is 10.1. The number of nitrogens with zero attached hydrogens (tertiary/aromatic N) is 3. The predicted octanol–water partition coefficient (Wildman–Crippen LogP) is 5.92. The van der Waals surface area contributed by atoms with Crippen LogP contribution in [0.15, 0.2) is 18.2 Å². The summed E-state index contributed by atoms with van der Waals surface area (Å²) in [4.78, 5) is 17.9. The van der Waals surface area contributed by atoms with E-state index in [0.29, 0.717) is 12.8 Å². The van der Waals surface area contributed by atoms with Crippen LogP contribution < -0.4 is 4.90 Å². The Balaban J connectivity index is 0.000000292. The van der Waals surface area contributed by atoms with Crippen LogP contribution in [0, 0.1) is 0 Å². The van der Waals surface area contributed by atoms with Crippen LogP contribution in [-0.2, 0) is 16.8 Å². The lowest BCUT2D eigenvalue weighted by molar-refractivity contribution is -0.116. The van der Waals surface area contributed by atoms with E-state index in [2.05, 4.69) is 38.3 Å². The molecule has 3 rings (SSSR count). The molecule has 156 valence electrons. The van der Waals surface area contributed by atoms with E-state index >= 15 is 0 Å². The fourth-order valence-electron chi connectivity index (χ4n) is 3.47. The Bertz CT molecular complexity index is 813. The molecule has 0 saturated heterocycles. The Morgan fingerprint density at radius 3 is 2.25 bits per heavy atom. The van der Waals surface area contributed by atoms with Gasteiger partial charge in [-0.3, -0.25) is 4.79 Å². The first-order chi connectivity index (χ1) is 13.0. The summed E-state index contributed by atoms with van der Waals surface area (Å²) in [6, 6.07) is 6.01. The summed E-state index contributed by atoms with van der Waals surface area (Å²) < 4.78 is 26.7. The van der Waals surface area contributed by atoms with Crippen LogP contribution in [0.25, 0.3) is 11.0 Å². The molecule has 0 aliphatic heterocycles. The maximum Gasteiger partial charge on any atom is 0.248 e. The zero-order valence-electron chi connectivity index (χ0n) is 18.0. The molecule has 1 fully saturated rings. The molecule has 1 amide bonds. The van der Waals surface area contributed by atoms with Crippen molar-refractivity contribution in [3.05, 3.63) is 24.0 Å². The van der Waals surface area contributed by atoms with Gasteiger partial charge in [-0.15, -0.1) is 0 Å². The molecule has 1 aliphatic carbocycles. The van der Waals surface area contributed by atoms with E-state index in [1.165, 1.54) is 0 Å². The van der Waals surface area contributed by atoms with Crippen molar-refractivity contribution < 1.29 is 13.6 Å². The number of carbonyl (C=O) groups excluding carboxylic acids is 1. The van der Waals surface area contributed by atoms with Gasteiger partial charge in [-0.2, -0.15) is 0 Å². The molecule has 6 heteroatoms. The Kier molecular flexibility index (Phi) is 6.84. The average Bonchev–Trinajstić information content (AvgIpc) is 2.99. The minimum atomic E-state index is -2.32. The lowest BCUT2D eigenvalue weighted by Crippen LogP contribution is -2.22. The topological polar surface area (TPSA) is 38.1 Å². The van der Waals surface area contributed by atoms with E-state index in [4.69, 9.17) is 4.98 Å². The van der Waals surface area contributed by atoms with Crippen molar-refractivity contribution in [2.75, 3.05) is 11.9 Å². The van der Waals surface area contributed by atoms with Gasteiger partial charge >= 0.3 is 0 Å². The fourth-order valence-corrected chi connectivity index (χ4v) is 3.47. The van der Waals surface area contributed by atoms with Crippen LogP contribution in [0.1, 0.15) is 72.5 Å². The van der Waals surface area contributed by atoms with E-state index < -0.39 is 5.92 Å². The van der Waals surface area contributed by atoms with E-state index in [-0.39, 0.29) is 24.2 Å². The summed E-state index contributed by atoms with van der Waals surface area (Å²) >= 11 is 0. The van der Waals surface area contributed by atoms with Crippen LogP contribution in [0.5, 0.6) is 0 Å². The van der Waals surface area contributed by atoms with Gasteiger partial charge in [-0.1, -0.05) is 27.2 Å². The molecule has 2 aromatic rings. The molecule has 0 radical (unpaired) electrons. The largest absolute Gasteiger partial charge is 0.328 e. The molecule has 0 spiro atoms. The molecule has 0 atom stereocenters. The van der Waals surface area contributed by atoms with E-state index in [1.54, 1.807) is 18.9 Å². The monoisotopic (exact) mass is 393 g/mol. The summed E-state index contributed by atoms with van der Waals surface area (Å²) in [6.45, 7) is 11.1. The standard InChI is InChI=1S/C16H23N3O.C6H10F2/c1-7-19-14-9-8-12(18(6)11(2)20)10-13(14)17-15(19)16(3,4)5;7-6(8)4-2-1-3-5-6/h8-10H,7H2,1-6H3;1-5H2. The number of hydrogen-bond donors (Lipinski definition) is 0. The molecule has 28 heavy (non-hydrogen) atoms. The highest BCUT2D eigenvalue weighted by atomic mass is 19.3. The highest BCUT2D eigenvalue weighted by Gasteiger charge is 2.30. The highest BCUT2D eigenvalue weighted by Crippen LogP contribution is 2.32. The maximum atomic E-state index is 12.2. The van der Waals surface area contributed by atoms with Crippen molar-refractivity contribution in [1.82, 2.24) is 9.55 Å². The third-order valence-corrected chi connectivity index (χ3v) is 5.16. The van der Waals surface area contributed by atoms with Crippen LogP contribution in [0.3, 0.4) is 0 Å². The molecular weight excluding hydrogens is 360 g/mol.